The molecule has 0 radical (unpaired) electrons. The molecule has 7 heteroatoms. The van der Waals surface area contributed by atoms with Gasteiger partial charge in [-0.05, 0) is 25.0 Å². The number of hydrogen-bond acceptors (Lipinski definition) is 4. The molecule has 5 nitrogen and oxygen atoms in total. The number of carbonyl (C=O) groups is 1. The van der Waals surface area contributed by atoms with Crippen LogP contribution in [0.4, 0.5) is 14.5 Å². The van der Waals surface area contributed by atoms with Crippen molar-refractivity contribution < 1.29 is 23.4 Å². The second-order valence-electron chi connectivity index (χ2n) is 4.86. The highest BCUT2D eigenvalue weighted by atomic mass is 19.1. The zero-order chi connectivity index (χ0) is 14.8. The van der Waals surface area contributed by atoms with E-state index in [1.165, 1.54) is 0 Å². The Hall–Kier alpha value is -1.73. The number of ether oxygens (including phenoxy) is 1. The van der Waals surface area contributed by atoms with Crippen molar-refractivity contribution >= 4 is 11.6 Å². The van der Waals surface area contributed by atoms with Crippen LogP contribution in [0, 0.1) is 11.6 Å². The van der Waals surface area contributed by atoms with E-state index in [0.717, 1.165) is 12.1 Å². The first-order chi connectivity index (χ1) is 9.47. The normalized spacial score (nSPS) is 17.8. The van der Waals surface area contributed by atoms with Crippen LogP contribution in [0.1, 0.15) is 23.2 Å². The molecule has 1 heterocycles. The SMILES string of the molecule is Nc1cc(F)cc(C(=O)NC2(CO)CCOCC2)c1F. The summed E-state index contributed by atoms with van der Waals surface area (Å²) in [5.41, 5.74) is 3.52. The predicted molar refractivity (Wildman–Crippen MR) is 68.1 cm³/mol. The molecule has 0 bridgehead atoms. The largest absolute Gasteiger partial charge is 0.396 e. The summed E-state index contributed by atoms with van der Waals surface area (Å²) in [7, 11) is 0. The maximum absolute atomic E-state index is 13.8. The molecule has 0 aliphatic carbocycles. The molecule has 1 fully saturated rings. The van der Waals surface area contributed by atoms with Crippen LogP contribution in [0.15, 0.2) is 12.1 Å². The molecule has 1 aromatic rings. The highest BCUT2D eigenvalue weighted by molar-refractivity contribution is 5.96. The first-order valence-electron chi connectivity index (χ1n) is 6.23. The van der Waals surface area contributed by atoms with Crippen molar-refractivity contribution in [1.29, 1.82) is 0 Å². The number of benzene rings is 1. The van der Waals surface area contributed by atoms with Crippen LogP contribution in [0.5, 0.6) is 0 Å². The van der Waals surface area contributed by atoms with Gasteiger partial charge in [0.05, 0.1) is 23.4 Å². The van der Waals surface area contributed by atoms with Crippen LogP contribution in [-0.2, 0) is 4.74 Å². The number of halogens is 2. The molecule has 1 amide bonds. The second-order valence-corrected chi connectivity index (χ2v) is 4.86. The van der Waals surface area contributed by atoms with Crippen molar-refractivity contribution in [2.75, 3.05) is 25.6 Å². The van der Waals surface area contributed by atoms with E-state index in [1.54, 1.807) is 0 Å². The lowest BCUT2D eigenvalue weighted by molar-refractivity contribution is 0.0124. The molecule has 4 N–H and O–H groups in total. The molecule has 20 heavy (non-hydrogen) atoms. The van der Waals surface area contributed by atoms with E-state index in [4.69, 9.17) is 10.5 Å². The summed E-state index contributed by atoms with van der Waals surface area (Å²) in [6.07, 6.45) is 0.809. The summed E-state index contributed by atoms with van der Waals surface area (Å²) in [5.74, 6) is -2.56. The van der Waals surface area contributed by atoms with Crippen molar-refractivity contribution in [3.8, 4) is 0 Å². The van der Waals surface area contributed by atoms with Crippen LogP contribution in [0.3, 0.4) is 0 Å². The van der Waals surface area contributed by atoms with E-state index >= 15 is 0 Å². The van der Waals surface area contributed by atoms with Crippen molar-refractivity contribution in [3.05, 3.63) is 29.3 Å². The lowest BCUT2D eigenvalue weighted by Gasteiger charge is -2.36. The number of rotatable bonds is 3. The minimum Gasteiger partial charge on any atom is -0.396 e. The average molecular weight is 286 g/mol. The number of anilines is 1. The van der Waals surface area contributed by atoms with Gasteiger partial charge in [-0.1, -0.05) is 0 Å². The number of nitrogen functional groups attached to an aromatic ring is 1. The number of hydrogen-bond donors (Lipinski definition) is 3. The lowest BCUT2D eigenvalue weighted by Crippen LogP contribution is -2.54. The Morgan fingerprint density at radius 1 is 1.40 bits per heavy atom. The summed E-state index contributed by atoms with van der Waals surface area (Å²) >= 11 is 0. The Labute approximate surface area is 114 Å². The second kappa shape index (κ2) is 5.72. The molecular formula is C13H16F2N2O3. The number of aliphatic hydroxyl groups excluding tert-OH is 1. The molecule has 0 atom stereocenters. The van der Waals surface area contributed by atoms with Gasteiger partial charge in [0.25, 0.3) is 5.91 Å². The molecule has 0 saturated carbocycles. The molecule has 110 valence electrons. The van der Waals surface area contributed by atoms with Crippen molar-refractivity contribution in [2.45, 2.75) is 18.4 Å². The fraction of sp³-hybridized carbons (Fsp3) is 0.462. The van der Waals surface area contributed by atoms with E-state index in [9.17, 15) is 18.7 Å². The zero-order valence-corrected chi connectivity index (χ0v) is 10.8. The van der Waals surface area contributed by atoms with Gasteiger partial charge in [0.2, 0.25) is 0 Å². The Bertz CT molecular complexity index is 517. The summed E-state index contributed by atoms with van der Waals surface area (Å²) in [6.45, 7) is 0.470. The van der Waals surface area contributed by atoms with Gasteiger partial charge in [-0.25, -0.2) is 8.78 Å². The minimum atomic E-state index is -0.968. The molecule has 1 aliphatic heterocycles. The zero-order valence-electron chi connectivity index (χ0n) is 10.8. The predicted octanol–water partition coefficient (Wildman–Crippen LogP) is 0.818. The van der Waals surface area contributed by atoms with E-state index < -0.39 is 34.3 Å². The van der Waals surface area contributed by atoms with Gasteiger partial charge in [-0.3, -0.25) is 4.79 Å². The quantitative estimate of drug-likeness (QED) is 0.718. The molecule has 1 aromatic carbocycles. The van der Waals surface area contributed by atoms with Gasteiger partial charge >= 0.3 is 0 Å². The van der Waals surface area contributed by atoms with Gasteiger partial charge in [-0.15, -0.1) is 0 Å². The summed E-state index contributed by atoms with van der Waals surface area (Å²) in [5, 5.41) is 12.0. The minimum absolute atomic E-state index is 0.297. The average Bonchev–Trinajstić information content (AvgIpc) is 2.43. The smallest absolute Gasteiger partial charge is 0.254 e. The Balaban J connectivity index is 2.23. The number of aliphatic hydroxyl groups is 1. The molecule has 0 unspecified atom stereocenters. The van der Waals surface area contributed by atoms with Crippen LogP contribution >= 0.6 is 0 Å². The summed E-state index contributed by atoms with van der Waals surface area (Å²) in [4.78, 5) is 12.1. The van der Waals surface area contributed by atoms with E-state index in [2.05, 4.69) is 5.32 Å². The van der Waals surface area contributed by atoms with E-state index in [0.29, 0.717) is 26.1 Å². The molecular weight excluding hydrogens is 270 g/mol. The fourth-order valence-electron chi connectivity index (χ4n) is 2.17. The molecule has 1 saturated heterocycles. The van der Waals surface area contributed by atoms with Crippen LogP contribution in [0.25, 0.3) is 0 Å². The topological polar surface area (TPSA) is 84.6 Å². The van der Waals surface area contributed by atoms with Crippen LogP contribution in [-0.4, -0.2) is 36.4 Å². The maximum Gasteiger partial charge on any atom is 0.254 e. The molecule has 2 rings (SSSR count). The van der Waals surface area contributed by atoms with Crippen molar-refractivity contribution in [1.82, 2.24) is 5.32 Å². The van der Waals surface area contributed by atoms with Gasteiger partial charge in [0.15, 0.2) is 5.82 Å². The van der Waals surface area contributed by atoms with Gasteiger partial charge in [0.1, 0.15) is 5.82 Å². The van der Waals surface area contributed by atoms with Crippen molar-refractivity contribution in [3.63, 3.8) is 0 Å². The van der Waals surface area contributed by atoms with Crippen molar-refractivity contribution in [2.24, 2.45) is 0 Å². The van der Waals surface area contributed by atoms with E-state index in [1.807, 2.05) is 0 Å². The highest BCUT2D eigenvalue weighted by Gasteiger charge is 2.34. The Morgan fingerprint density at radius 3 is 2.65 bits per heavy atom. The third kappa shape index (κ3) is 2.88. The van der Waals surface area contributed by atoms with Crippen LogP contribution < -0.4 is 11.1 Å². The van der Waals surface area contributed by atoms with Gasteiger partial charge < -0.3 is 20.9 Å². The molecule has 1 aliphatic rings. The fourth-order valence-corrected chi connectivity index (χ4v) is 2.17. The summed E-state index contributed by atoms with van der Waals surface area (Å²) < 4.78 is 32.2. The highest BCUT2D eigenvalue weighted by Crippen LogP contribution is 2.23. The molecule has 0 spiro atoms. The maximum atomic E-state index is 13.8. The van der Waals surface area contributed by atoms with Crippen LogP contribution in [0.2, 0.25) is 0 Å². The van der Waals surface area contributed by atoms with Gasteiger partial charge in [0, 0.05) is 13.2 Å². The number of nitrogens with one attached hydrogen (secondary N) is 1. The summed E-state index contributed by atoms with van der Waals surface area (Å²) in [6, 6.07) is 1.59. The molecule has 0 aromatic heterocycles. The monoisotopic (exact) mass is 286 g/mol. The third-order valence-electron chi connectivity index (χ3n) is 3.44. The third-order valence-corrected chi connectivity index (χ3v) is 3.44. The van der Waals surface area contributed by atoms with E-state index in [-0.39, 0.29) is 6.61 Å². The number of amides is 1. The Kier molecular flexibility index (Phi) is 4.20. The van der Waals surface area contributed by atoms with Gasteiger partial charge in [-0.2, -0.15) is 0 Å². The Morgan fingerprint density at radius 2 is 2.05 bits per heavy atom. The first kappa shape index (κ1) is 14.7. The lowest BCUT2D eigenvalue weighted by atomic mass is 9.90. The standard InChI is InChI=1S/C13H16F2N2O3/c14-8-5-9(11(15)10(16)6-8)12(19)17-13(7-18)1-3-20-4-2-13/h5-6,18H,1-4,7,16H2,(H,17,19). The number of carbonyl (C=O) groups excluding carboxylic acids is 1. The number of nitrogens with two attached hydrogens (primary N) is 1. The first-order valence-corrected chi connectivity index (χ1v) is 6.23.